The Bertz CT molecular complexity index is 221. The van der Waals surface area contributed by atoms with Gasteiger partial charge in [-0.25, -0.2) is 0 Å². The van der Waals surface area contributed by atoms with E-state index in [0.29, 0.717) is 0 Å². The normalized spacial score (nSPS) is 20.9. The van der Waals surface area contributed by atoms with E-state index in [2.05, 4.69) is 32.2 Å². The highest BCUT2D eigenvalue weighted by Gasteiger charge is 2.22. The van der Waals surface area contributed by atoms with Gasteiger partial charge in [0.2, 0.25) is 0 Å². The van der Waals surface area contributed by atoms with Gasteiger partial charge < -0.3 is 0 Å². The lowest BCUT2D eigenvalue weighted by Crippen LogP contribution is -2.44. The second-order valence-electron chi connectivity index (χ2n) is 5.37. The number of nitrogens with one attached hydrogen (secondary N) is 1. The van der Waals surface area contributed by atoms with Crippen LogP contribution in [0.2, 0.25) is 0 Å². The molecule has 0 aromatic carbocycles. The second kappa shape index (κ2) is 5.77. The number of nitriles is 1. The zero-order valence-electron chi connectivity index (χ0n) is 10.0. The van der Waals surface area contributed by atoms with Gasteiger partial charge in [0.15, 0.2) is 0 Å². The van der Waals surface area contributed by atoms with Crippen molar-refractivity contribution in [3.8, 4) is 6.07 Å². The van der Waals surface area contributed by atoms with E-state index >= 15 is 0 Å². The molecule has 15 heavy (non-hydrogen) atoms. The van der Waals surface area contributed by atoms with Crippen molar-refractivity contribution >= 4 is 11.8 Å². The SMILES string of the molecule is CC(C)(C)NC(C#N)CC1CCSCC1. The fourth-order valence-electron chi connectivity index (χ4n) is 1.98. The summed E-state index contributed by atoms with van der Waals surface area (Å²) in [6, 6.07) is 2.41. The van der Waals surface area contributed by atoms with Gasteiger partial charge in [0.05, 0.1) is 12.1 Å². The lowest BCUT2D eigenvalue weighted by molar-refractivity contribution is 0.336. The van der Waals surface area contributed by atoms with Crippen LogP contribution >= 0.6 is 11.8 Å². The summed E-state index contributed by atoms with van der Waals surface area (Å²) < 4.78 is 0. The van der Waals surface area contributed by atoms with Crippen molar-refractivity contribution in [3.63, 3.8) is 0 Å². The van der Waals surface area contributed by atoms with Crippen LogP contribution in [-0.4, -0.2) is 23.1 Å². The third-order valence-electron chi connectivity index (χ3n) is 2.67. The van der Waals surface area contributed by atoms with Gasteiger partial charge >= 0.3 is 0 Å². The van der Waals surface area contributed by atoms with E-state index in [1.54, 1.807) is 0 Å². The molecular weight excluding hydrogens is 204 g/mol. The van der Waals surface area contributed by atoms with E-state index in [1.165, 1.54) is 24.3 Å². The van der Waals surface area contributed by atoms with Crippen LogP contribution in [0.3, 0.4) is 0 Å². The highest BCUT2D eigenvalue weighted by atomic mass is 32.2. The van der Waals surface area contributed by atoms with Gasteiger partial charge in [0.25, 0.3) is 0 Å². The van der Waals surface area contributed by atoms with Crippen molar-refractivity contribution in [3.05, 3.63) is 0 Å². The van der Waals surface area contributed by atoms with E-state index in [-0.39, 0.29) is 11.6 Å². The fraction of sp³-hybridized carbons (Fsp3) is 0.917. The van der Waals surface area contributed by atoms with Gasteiger partial charge in [0.1, 0.15) is 0 Å². The van der Waals surface area contributed by atoms with Gasteiger partial charge in [-0.2, -0.15) is 17.0 Å². The Hall–Kier alpha value is -0.200. The summed E-state index contributed by atoms with van der Waals surface area (Å²) in [4.78, 5) is 0. The molecule has 1 saturated heterocycles. The van der Waals surface area contributed by atoms with Gasteiger partial charge in [0, 0.05) is 5.54 Å². The molecule has 2 nitrogen and oxygen atoms in total. The molecule has 0 bridgehead atoms. The monoisotopic (exact) mass is 226 g/mol. The van der Waals surface area contributed by atoms with Crippen molar-refractivity contribution in [1.82, 2.24) is 5.32 Å². The van der Waals surface area contributed by atoms with E-state index in [4.69, 9.17) is 5.26 Å². The number of rotatable bonds is 3. The number of nitrogens with zero attached hydrogens (tertiary/aromatic N) is 1. The smallest absolute Gasteiger partial charge is 0.0959 e. The van der Waals surface area contributed by atoms with Gasteiger partial charge in [-0.3, -0.25) is 5.32 Å². The molecule has 1 heterocycles. The minimum absolute atomic E-state index is 0.0260. The summed E-state index contributed by atoms with van der Waals surface area (Å²) >= 11 is 2.04. The number of thioether (sulfide) groups is 1. The Labute approximate surface area is 97.8 Å². The maximum Gasteiger partial charge on any atom is 0.0959 e. The third-order valence-corrected chi connectivity index (χ3v) is 3.72. The van der Waals surface area contributed by atoms with Crippen molar-refractivity contribution in [2.45, 2.75) is 51.6 Å². The van der Waals surface area contributed by atoms with Crippen molar-refractivity contribution in [2.24, 2.45) is 5.92 Å². The molecule has 1 N–H and O–H groups in total. The van der Waals surface area contributed by atoms with E-state index in [1.807, 2.05) is 11.8 Å². The third kappa shape index (κ3) is 5.44. The average Bonchev–Trinajstić information content (AvgIpc) is 2.16. The summed E-state index contributed by atoms with van der Waals surface area (Å²) in [5.74, 6) is 3.31. The molecular formula is C12H22N2S. The standard InChI is InChI=1S/C12H22N2S/c1-12(2,3)14-11(9-13)8-10-4-6-15-7-5-10/h10-11,14H,4-8H2,1-3H3. The van der Waals surface area contributed by atoms with Crippen molar-refractivity contribution in [1.29, 1.82) is 5.26 Å². The molecule has 1 fully saturated rings. The van der Waals surface area contributed by atoms with Crippen LogP contribution in [0.5, 0.6) is 0 Å². The van der Waals surface area contributed by atoms with Crippen molar-refractivity contribution < 1.29 is 0 Å². The average molecular weight is 226 g/mol. The molecule has 0 aliphatic carbocycles. The Morgan fingerprint density at radius 2 is 2.00 bits per heavy atom. The van der Waals surface area contributed by atoms with Crippen LogP contribution in [0.1, 0.15) is 40.0 Å². The highest BCUT2D eigenvalue weighted by Crippen LogP contribution is 2.26. The molecule has 1 atom stereocenters. The summed E-state index contributed by atoms with van der Waals surface area (Å²) in [7, 11) is 0. The molecule has 0 spiro atoms. The zero-order chi connectivity index (χ0) is 11.3. The molecule has 3 heteroatoms. The van der Waals surface area contributed by atoms with Crippen LogP contribution in [0.25, 0.3) is 0 Å². The van der Waals surface area contributed by atoms with Crippen LogP contribution in [0.15, 0.2) is 0 Å². The summed E-state index contributed by atoms with van der Waals surface area (Å²) in [6.07, 6.45) is 3.59. The Kier molecular flexibility index (Phi) is 4.95. The maximum absolute atomic E-state index is 9.10. The van der Waals surface area contributed by atoms with Gasteiger partial charge in [-0.15, -0.1) is 0 Å². The van der Waals surface area contributed by atoms with E-state index in [0.717, 1.165) is 12.3 Å². The number of hydrogen-bond acceptors (Lipinski definition) is 3. The fourth-order valence-corrected chi connectivity index (χ4v) is 3.19. The predicted molar refractivity (Wildman–Crippen MR) is 67.0 cm³/mol. The molecule has 86 valence electrons. The van der Waals surface area contributed by atoms with Gasteiger partial charge in [-0.05, 0) is 57.5 Å². The maximum atomic E-state index is 9.10. The minimum Gasteiger partial charge on any atom is -0.297 e. The molecule has 0 amide bonds. The first kappa shape index (κ1) is 12.9. The first-order valence-corrected chi connectivity index (χ1v) is 6.92. The molecule has 1 unspecified atom stereocenters. The Balaban J connectivity index is 2.36. The molecule has 1 aliphatic rings. The second-order valence-corrected chi connectivity index (χ2v) is 6.59. The molecule has 0 aromatic rings. The Morgan fingerprint density at radius 3 is 2.47 bits per heavy atom. The topological polar surface area (TPSA) is 35.8 Å². The highest BCUT2D eigenvalue weighted by molar-refractivity contribution is 7.99. The molecule has 1 rings (SSSR count). The lowest BCUT2D eigenvalue weighted by atomic mass is 9.93. The van der Waals surface area contributed by atoms with Crippen LogP contribution < -0.4 is 5.32 Å². The molecule has 0 saturated carbocycles. The summed E-state index contributed by atoms with van der Waals surface area (Å²) in [5.41, 5.74) is 0.0454. The van der Waals surface area contributed by atoms with Crippen LogP contribution in [0.4, 0.5) is 0 Å². The van der Waals surface area contributed by atoms with Gasteiger partial charge in [-0.1, -0.05) is 0 Å². The molecule has 0 aromatic heterocycles. The van der Waals surface area contributed by atoms with Crippen molar-refractivity contribution in [2.75, 3.05) is 11.5 Å². The predicted octanol–water partition coefficient (Wildman–Crippen LogP) is 2.80. The first-order chi connectivity index (χ1) is 7.01. The lowest BCUT2D eigenvalue weighted by Gasteiger charge is -2.28. The largest absolute Gasteiger partial charge is 0.297 e. The minimum atomic E-state index is 0.0260. The summed E-state index contributed by atoms with van der Waals surface area (Å²) in [5, 5.41) is 12.5. The summed E-state index contributed by atoms with van der Waals surface area (Å²) in [6.45, 7) is 6.36. The quantitative estimate of drug-likeness (QED) is 0.804. The van der Waals surface area contributed by atoms with E-state index in [9.17, 15) is 0 Å². The van der Waals surface area contributed by atoms with E-state index < -0.39 is 0 Å². The first-order valence-electron chi connectivity index (χ1n) is 5.76. The molecule has 0 radical (unpaired) electrons. The van der Waals surface area contributed by atoms with Crippen LogP contribution in [-0.2, 0) is 0 Å². The zero-order valence-corrected chi connectivity index (χ0v) is 10.9. The number of hydrogen-bond donors (Lipinski definition) is 1. The Morgan fingerprint density at radius 1 is 1.40 bits per heavy atom. The van der Waals surface area contributed by atoms with Crippen LogP contribution in [0, 0.1) is 17.2 Å². The molecule has 1 aliphatic heterocycles.